The van der Waals surface area contributed by atoms with Gasteiger partial charge in [0.25, 0.3) is 5.91 Å². The molecule has 7 heteroatoms. The first-order valence-corrected chi connectivity index (χ1v) is 12.4. The minimum absolute atomic E-state index is 0.0366. The van der Waals surface area contributed by atoms with Gasteiger partial charge in [-0.15, -0.1) is 0 Å². The van der Waals surface area contributed by atoms with E-state index in [1.807, 2.05) is 34.9 Å². The van der Waals surface area contributed by atoms with Gasteiger partial charge in [-0.3, -0.25) is 19.6 Å². The Morgan fingerprint density at radius 3 is 2.40 bits per heavy atom. The number of hydrogen-bond donors (Lipinski definition) is 1. The Hall–Kier alpha value is -3.45. The van der Waals surface area contributed by atoms with E-state index in [0.29, 0.717) is 44.7 Å². The summed E-state index contributed by atoms with van der Waals surface area (Å²) in [4.78, 5) is 32.5. The Labute approximate surface area is 206 Å². The number of benzene rings is 2. The lowest BCUT2D eigenvalue weighted by molar-refractivity contribution is -0.131. The smallest absolute Gasteiger partial charge is 0.274 e. The van der Waals surface area contributed by atoms with Gasteiger partial charge in [0.05, 0.1) is 6.42 Å². The molecule has 1 aromatic heterocycles. The van der Waals surface area contributed by atoms with E-state index in [-0.39, 0.29) is 11.8 Å². The molecule has 3 aromatic rings. The fraction of sp³-hybridized carbons (Fsp3) is 0.393. The van der Waals surface area contributed by atoms with Crippen LogP contribution in [0.1, 0.15) is 44.0 Å². The van der Waals surface area contributed by atoms with Crippen molar-refractivity contribution in [2.24, 2.45) is 0 Å². The van der Waals surface area contributed by atoms with Gasteiger partial charge in [-0.2, -0.15) is 5.10 Å². The number of hydrogen-bond acceptors (Lipinski definition) is 4. The molecule has 2 aromatic carbocycles. The van der Waals surface area contributed by atoms with Crippen LogP contribution in [0.25, 0.3) is 0 Å². The number of nitrogens with one attached hydrogen (secondary N) is 1. The molecule has 1 fully saturated rings. The summed E-state index contributed by atoms with van der Waals surface area (Å²) in [5.41, 5.74) is 7.06. The monoisotopic (exact) mass is 471 g/mol. The number of rotatable bonds is 5. The normalized spacial score (nSPS) is 16.3. The van der Waals surface area contributed by atoms with Crippen molar-refractivity contribution in [3.05, 3.63) is 87.7 Å². The zero-order valence-electron chi connectivity index (χ0n) is 20.6. The molecule has 2 aliphatic heterocycles. The molecule has 0 radical (unpaired) electrons. The number of fused-ring (bicyclic) bond motifs is 1. The Bertz CT molecular complexity index is 1210. The van der Waals surface area contributed by atoms with Crippen LogP contribution in [0.5, 0.6) is 0 Å². The highest BCUT2D eigenvalue weighted by atomic mass is 16.2. The second kappa shape index (κ2) is 10.0. The van der Waals surface area contributed by atoms with E-state index < -0.39 is 0 Å². The predicted molar refractivity (Wildman–Crippen MR) is 135 cm³/mol. The number of carbonyl (C=O) groups is 2. The van der Waals surface area contributed by atoms with E-state index in [1.165, 1.54) is 11.1 Å². The van der Waals surface area contributed by atoms with Gasteiger partial charge < -0.3 is 9.80 Å². The number of nitrogens with zero attached hydrogens (tertiary/aromatic N) is 4. The molecular formula is C28H33N5O2. The van der Waals surface area contributed by atoms with Gasteiger partial charge in [0, 0.05) is 63.5 Å². The summed E-state index contributed by atoms with van der Waals surface area (Å²) < 4.78 is 0. The average molecular weight is 472 g/mol. The maximum absolute atomic E-state index is 13.4. The van der Waals surface area contributed by atoms with Gasteiger partial charge in [-0.1, -0.05) is 59.7 Å². The lowest BCUT2D eigenvalue weighted by Crippen LogP contribution is -2.48. The van der Waals surface area contributed by atoms with Crippen molar-refractivity contribution in [2.45, 2.75) is 39.8 Å². The van der Waals surface area contributed by atoms with Gasteiger partial charge in [0.15, 0.2) is 5.69 Å². The summed E-state index contributed by atoms with van der Waals surface area (Å²) in [6, 6.07) is 16.7. The van der Waals surface area contributed by atoms with Crippen molar-refractivity contribution in [1.82, 2.24) is 24.9 Å². The lowest BCUT2D eigenvalue weighted by Gasteiger charge is -2.35. The molecular weight excluding hydrogens is 438 g/mol. The average Bonchev–Trinajstić information content (AvgIpc) is 3.29. The highest BCUT2D eigenvalue weighted by molar-refractivity contribution is 5.94. The van der Waals surface area contributed by atoms with Gasteiger partial charge in [0.1, 0.15) is 0 Å². The third-order valence-electron chi connectivity index (χ3n) is 7.11. The number of aromatic amines is 1. The molecule has 7 nitrogen and oxygen atoms in total. The molecule has 0 spiro atoms. The minimum Gasteiger partial charge on any atom is -0.338 e. The molecule has 1 saturated heterocycles. The minimum atomic E-state index is -0.0366. The van der Waals surface area contributed by atoms with Crippen molar-refractivity contribution in [1.29, 1.82) is 0 Å². The number of aryl methyl sites for hydroxylation is 2. The molecule has 1 N–H and O–H groups in total. The molecule has 0 saturated carbocycles. The van der Waals surface area contributed by atoms with Crippen molar-refractivity contribution < 1.29 is 9.59 Å². The van der Waals surface area contributed by atoms with E-state index in [9.17, 15) is 9.59 Å². The van der Waals surface area contributed by atoms with Crippen molar-refractivity contribution >= 4 is 11.8 Å². The first kappa shape index (κ1) is 23.3. The van der Waals surface area contributed by atoms with Crippen LogP contribution in [0.4, 0.5) is 0 Å². The number of carbonyl (C=O) groups excluding carboxylic acids is 2. The summed E-state index contributed by atoms with van der Waals surface area (Å²) in [7, 11) is 0. The second-order valence-corrected chi connectivity index (χ2v) is 9.81. The second-order valence-electron chi connectivity index (χ2n) is 9.81. The third kappa shape index (κ3) is 5.30. The maximum atomic E-state index is 13.4. The Morgan fingerprint density at radius 2 is 1.66 bits per heavy atom. The molecule has 0 atom stereocenters. The van der Waals surface area contributed by atoms with Gasteiger partial charge >= 0.3 is 0 Å². The summed E-state index contributed by atoms with van der Waals surface area (Å²) in [5.74, 6) is 0.0519. The predicted octanol–water partition coefficient (Wildman–Crippen LogP) is 3.11. The van der Waals surface area contributed by atoms with Crippen LogP contribution >= 0.6 is 0 Å². The largest absolute Gasteiger partial charge is 0.338 e. The quantitative estimate of drug-likeness (QED) is 0.621. The Morgan fingerprint density at radius 1 is 0.886 bits per heavy atom. The van der Waals surface area contributed by atoms with Crippen molar-refractivity contribution in [3.63, 3.8) is 0 Å². The fourth-order valence-electron chi connectivity index (χ4n) is 5.00. The first-order valence-electron chi connectivity index (χ1n) is 12.4. The molecule has 182 valence electrons. The topological polar surface area (TPSA) is 72.5 Å². The third-order valence-corrected chi connectivity index (χ3v) is 7.11. The van der Waals surface area contributed by atoms with Crippen LogP contribution in [0.2, 0.25) is 0 Å². The van der Waals surface area contributed by atoms with E-state index in [4.69, 9.17) is 0 Å². The van der Waals surface area contributed by atoms with Crippen LogP contribution in [-0.2, 0) is 30.7 Å². The van der Waals surface area contributed by atoms with Crippen LogP contribution < -0.4 is 0 Å². The van der Waals surface area contributed by atoms with Crippen molar-refractivity contribution in [3.8, 4) is 0 Å². The highest BCUT2D eigenvalue weighted by Gasteiger charge is 2.31. The summed E-state index contributed by atoms with van der Waals surface area (Å²) in [6.07, 6.45) is 1.07. The molecule has 2 amide bonds. The fourth-order valence-corrected chi connectivity index (χ4v) is 5.00. The van der Waals surface area contributed by atoms with E-state index in [1.54, 1.807) is 0 Å². The Kier molecular flexibility index (Phi) is 6.68. The Balaban J connectivity index is 1.20. The molecule has 35 heavy (non-hydrogen) atoms. The van der Waals surface area contributed by atoms with Gasteiger partial charge in [-0.05, 0) is 25.0 Å². The molecule has 0 bridgehead atoms. The van der Waals surface area contributed by atoms with E-state index in [2.05, 4.69) is 52.4 Å². The summed E-state index contributed by atoms with van der Waals surface area (Å²) in [5, 5.41) is 7.45. The van der Waals surface area contributed by atoms with Crippen LogP contribution in [0.3, 0.4) is 0 Å². The van der Waals surface area contributed by atoms with Crippen LogP contribution in [0.15, 0.2) is 48.5 Å². The zero-order valence-corrected chi connectivity index (χ0v) is 20.6. The van der Waals surface area contributed by atoms with E-state index in [0.717, 1.165) is 42.0 Å². The maximum Gasteiger partial charge on any atom is 0.274 e. The van der Waals surface area contributed by atoms with Crippen LogP contribution in [-0.4, -0.2) is 69.4 Å². The summed E-state index contributed by atoms with van der Waals surface area (Å²) in [6.45, 7) is 9.16. The standard InChI is InChI=1S/C28H33N5O2/c1-20-6-8-22(9-7-20)18-31-12-14-32(15-13-31)28(35)27-24-19-33(11-10-25(24)29-30-27)26(34)17-23-5-3-4-21(2)16-23/h3-9,16H,10-15,17-19H2,1-2H3,(H,29,30). The van der Waals surface area contributed by atoms with Crippen molar-refractivity contribution in [2.75, 3.05) is 32.7 Å². The molecule has 5 rings (SSSR count). The van der Waals surface area contributed by atoms with Gasteiger partial charge in [-0.25, -0.2) is 0 Å². The van der Waals surface area contributed by atoms with Crippen LogP contribution in [0, 0.1) is 13.8 Å². The lowest BCUT2D eigenvalue weighted by atomic mass is 10.0. The highest BCUT2D eigenvalue weighted by Crippen LogP contribution is 2.23. The zero-order chi connectivity index (χ0) is 24.4. The molecule has 0 unspecified atom stereocenters. The van der Waals surface area contributed by atoms with E-state index >= 15 is 0 Å². The number of aromatic nitrogens is 2. The molecule has 0 aliphatic carbocycles. The number of H-pyrrole nitrogens is 1. The summed E-state index contributed by atoms with van der Waals surface area (Å²) >= 11 is 0. The molecule has 3 heterocycles. The van der Waals surface area contributed by atoms with Gasteiger partial charge in [0.2, 0.25) is 5.91 Å². The number of amides is 2. The molecule has 2 aliphatic rings. The SMILES string of the molecule is Cc1ccc(CN2CCN(C(=O)c3n[nH]c4c3CN(C(=O)Cc3cccc(C)c3)CC4)CC2)cc1. The number of piperazine rings is 1. The first-order chi connectivity index (χ1) is 17.0.